The van der Waals surface area contributed by atoms with Crippen molar-refractivity contribution in [3.05, 3.63) is 0 Å². The molecule has 9 nitrogen and oxygen atoms in total. The van der Waals surface area contributed by atoms with Gasteiger partial charge in [0.25, 0.3) is 10.1 Å². The quantitative estimate of drug-likeness (QED) is 0.355. The molecule has 1 saturated heterocycles. The Morgan fingerprint density at radius 1 is 1.35 bits per heavy atom. The molecule has 10 heteroatoms. The lowest BCUT2D eigenvalue weighted by Crippen LogP contribution is -2.39. The fourth-order valence-electron chi connectivity index (χ4n) is 1.74. The molecule has 1 amide bonds. The SMILES string of the molecule is O=C(NCCCS(=O)(=O)O)OCC1CC(O)CC(O)O1. The van der Waals surface area contributed by atoms with Crippen LogP contribution < -0.4 is 5.32 Å². The fraction of sp³-hybridized carbons (Fsp3) is 0.900. The molecule has 0 aromatic rings. The van der Waals surface area contributed by atoms with E-state index in [-0.39, 0.29) is 32.4 Å². The highest BCUT2D eigenvalue weighted by Crippen LogP contribution is 2.18. The van der Waals surface area contributed by atoms with E-state index in [4.69, 9.17) is 14.0 Å². The lowest BCUT2D eigenvalue weighted by Gasteiger charge is -2.29. The van der Waals surface area contributed by atoms with Crippen LogP contribution in [-0.4, -0.2) is 66.7 Å². The van der Waals surface area contributed by atoms with Gasteiger partial charge in [0.1, 0.15) is 6.61 Å². The second kappa shape index (κ2) is 7.74. The Bertz CT molecular complexity index is 401. The van der Waals surface area contributed by atoms with Crippen LogP contribution in [0.5, 0.6) is 0 Å². The summed E-state index contributed by atoms with van der Waals surface area (Å²) in [5, 5.41) is 20.9. The van der Waals surface area contributed by atoms with Gasteiger partial charge in [-0.1, -0.05) is 0 Å². The molecular formula is C10H19NO8S. The van der Waals surface area contributed by atoms with Crippen molar-refractivity contribution >= 4 is 16.2 Å². The second-order valence-electron chi connectivity index (χ2n) is 4.50. The van der Waals surface area contributed by atoms with E-state index in [0.29, 0.717) is 0 Å². The molecular weight excluding hydrogens is 294 g/mol. The standard InChI is InChI=1S/C10H19NO8S/c12-7-4-8(19-9(13)5-7)6-18-10(14)11-2-1-3-20(15,16)17/h7-9,12-13H,1-6H2,(H,11,14)(H,15,16,17). The van der Waals surface area contributed by atoms with E-state index in [9.17, 15) is 23.4 Å². The molecule has 20 heavy (non-hydrogen) atoms. The van der Waals surface area contributed by atoms with Crippen molar-refractivity contribution in [1.29, 1.82) is 0 Å². The first-order valence-electron chi connectivity index (χ1n) is 6.13. The average Bonchev–Trinajstić information content (AvgIpc) is 2.30. The molecule has 0 aromatic heterocycles. The van der Waals surface area contributed by atoms with E-state index in [2.05, 4.69) is 5.32 Å². The van der Waals surface area contributed by atoms with Crippen LogP contribution in [0.15, 0.2) is 0 Å². The maximum atomic E-state index is 11.2. The predicted octanol–water partition coefficient (Wildman–Crippen LogP) is -1.15. The first-order valence-corrected chi connectivity index (χ1v) is 7.74. The fourth-order valence-corrected chi connectivity index (χ4v) is 2.25. The van der Waals surface area contributed by atoms with Crippen LogP contribution in [0.2, 0.25) is 0 Å². The molecule has 1 fully saturated rings. The Morgan fingerprint density at radius 2 is 2.05 bits per heavy atom. The zero-order valence-corrected chi connectivity index (χ0v) is 11.6. The number of carbonyl (C=O) groups excluding carboxylic acids is 1. The van der Waals surface area contributed by atoms with Gasteiger partial charge in [0, 0.05) is 19.4 Å². The molecule has 0 bridgehead atoms. The molecule has 1 aliphatic rings. The Kier molecular flexibility index (Phi) is 6.62. The molecule has 1 aliphatic heterocycles. The highest BCUT2D eigenvalue weighted by atomic mass is 32.2. The molecule has 3 atom stereocenters. The summed E-state index contributed by atoms with van der Waals surface area (Å²) in [6.45, 7) is -0.0896. The normalized spacial score (nSPS) is 27.1. The van der Waals surface area contributed by atoms with E-state index in [1.807, 2.05) is 0 Å². The van der Waals surface area contributed by atoms with E-state index in [0.717, 1.165) is 0 Å². The summed E-state index contributed by atoms with van der Waals surface area (Å²) in [6, 6.07) is 0. The number of hydrogen-bond acceptors (Lipinski definition) is 7. The first kappa shape index (κ1) is 17.1. The van der Waals surface area contributed by atoms with Crippen LogP contribution in [0, 0.1) is 0 Å². The van der Waals surface area contributed by atoms with Crippen molar-refractivity contribution in [3.8, 4) is 0 Å². The maximum Gasteiger partial charge on any atom is 0.407 e. The lowest BCUT2D eigenvalue weighted by atomic mass is 10.1. The van der Waals surface area contributed by atoms with Gasteiger partial charge < -0.3 is 25.0 Å². The van der Waals surface area contributed by atoms with Gasteiger partial charge >= 0.3 is 6.09 Å². The molecule has 1 heterocycles. The average molecular weight is 313 g/mol. The van der Waals surface area contributed by atoms with Crippen molar-refractivity contribution in [2.45, 2.75) is 37.8 Å². The molecule has 1 rings (SSSR count). The third kappa shape index (κ3) is 7.60. The predicted molar refractivity (Wildman–Crippen MR) is 66.5 cm³/mol. The maximum absolute atomic E-state index is 11.2. The van der Waals surface area contributed by atoms with Crippen molar-refractivity contribution in [3.63, 3.8) is 0 Å². The van der Waals surface area contributed by atoms with Crippen LogP contribution in [0.25, 0.3) is 0 Å². The molecule has 4 N–H and O–H groups in total. The van der Waals surface area contributed by atoms with Gasteiger partial charge in [-0.25, -0.2) is 4.79 Å². The summed E-state index contributed by atoms with van der Waals surface area (Å²) >= 11 is 0. The van der Waals surface area contributed by atoms with Crippen LogP contribution in [0.4, 0.5) is 4.79 Å². The Morgan fingerprint density at radius 3 is 2.65 bits per heavy atom. The summed E-state index contributed by atoms with van der Waals surface area (Å²) in [6.07, 6.45) is -2.69. The number of aliphatic hydroxyl groups is 2. The third-order valence-electron chi connectivity index (χ3n) is 2.61. The smallest absolute Gasteiger partial charge is 0.407 e. The van der Waals surface area contributed by atoms with Gasteiger partial charge in [0.05, 0.1) is 18.0 Å². The molecule has 0 radical (unpaired) electrons. The Labute approximate surface area is 116 Å². The summed E-state index contributed by atoms with van der Waals surface area (Å²) < 4.78 is 39.2. The topological polar surface area (TPSA) is 142 Å². The highest BCUT2D eigenvalue weighted by molar-refractivity contribution is 7.85. The minimum absolute atomic E-state index is 0.0371. The number of ether oxygens (including phenoxy) is 2. The monoisotopic (exact) mass is 313 g/mol. The molecule has 0 spiro atoms. The number of hydrogen-bond donors (Lipinski definition) is 4. The summed E-state index contributed by atoms with van der Waals surface area (Å²) in [7, 11) is -4.03. The lowest BCUT2D eigenvalue weighted by molar-refractivity contribution is -0.197. The number of aliphatic hydroxyl groups excluding tert-OH is 2. The van der Waals surface area contributed by atoms with Gasteiger partial charge in [-0.2, -0.15) is 8.42 Å². The summed E-state index contributed by atoms with van der Waals surface area (Å²) in [4.78, 5) is 11.2. The van der Waals surface area contributed by atoms with Crippen LogP contribution >= 0.6 is 0 Å². The van der Waals surface area contributed by atoms with E-state index >= 15 is 0 Å². The van der Waals surface area contributed by atoms with Crippen molar-refractivity contribution < 1.29 is 37.5 Å². The number of amides is 1. The summed E-state index contributed by atoms with van der Waals surface area (Å²) in [5.41, 5.74) is 0. The van der Waals surface area contributed by atoms with Crippen molar-refractivity contribution in [2.75, 3.05) is 18.9 Å². The largest absolute Gasteiger partial charge is 0.447 e. The minimum Gasteiger partial charge on any atom is -0.447 e. The number of nitrogens with one attached hydrogen (secondary N) is 1. The van der Waals surface area contributed by atoms with Gasteiger partial charge in [-0.15, -0.1) is 0 Å². The van der Waals surface area contributed by atoms with Gasteiger partial charge in [-0.05, 0) is 6.42 Å². The Hall–Kier alpha value is -0.940. The minimum atomic E-state index is -4.03. The van der Waals surface area contributed by atoms with Gasteiger partial charge in [0.15, 0.2) is 6.29 Å². The molecule has 118 valence electrons. The van der Waals surface area contributed by atoms with E-state index in [1.165, 1.54) is 0 Å². The number of carbonyl (C=O) groups is 1. The zero-order valence-electron chi connectivity index (χ0n) is 10.8. The van der Waals surface area contributed by atoms with E-state index in [1.54, 1.807) is 0 Å². The zero-order chi connectivity index (χ0) is 15.2. The number of alkyl carbamates (subject to hydrolysis) is 1. The first-order chi connectivity index (χ1) is 9.26. The molecule has 3 unspecified atom stereocenters. The second-order valence-corrected chi connectivity index (χ2v) is 6.07. The van der Waals surface area contributed by atoms with E-state index < -0.39 is 40.5 Å². The Balaban J connectivity index is 2.13. The summed E-state index contributed by atoms with van der Waals surface area (Å²) in [5.74, 6) is -0.447. The highest BCUT2D eigenvalue weighted by Gasteiger charge is 2.27. The van der Waals surface area contributed by atoms with Crippen LogP contribution in [0.3, 0.4) is 0 Å². The van der Waals surface area contributed by atoms with Gasteiger partial charge in [0.2, 0.25) is 0 Å². The molecule has 0 aromatic carbocycles. The van der Waals surface area contributed by atoms with Crippen LogP contribution in [0.1, 0.15) is 19.3 Å². The molecule has 0 saturated carbocycles. The number of rotatable bonds is 6. The van der Waals surface area contributed by atoms with Crippen molar-refractivity contribution in [2.24, 2.45) is 0 Å². The molecule has 0 aliphatic carbocycles. The van der Waals surface area contributed by atoms with Crippen molar-refractivity contribution in [1.82, 2.24) is 5.32 Å². The third-order valence-corrected chi connectivity index (χ3v) is 3.41. The van der Waals surface area contributed by atoms with Crippen LogP contribution in [-0.2, 0) is 19.6 Å². The van der Waals surface area contributed by atoms with Gasteiger partial charge in [-0.3, -0.25) is 4.55 Å².